The first-order chi connectivity index (χ1) is 7.79. The number of rotatable bonds is 1. The van der Waals surface area contributed by atoms with Gasteiger partial charge in [0.1, 0.15) is 5.92 Å². The first-order valence-electron chi connectivity index (χ1n) is 4.70. The minimum Gasteiger partial charge on any atom is -0.469 e. The minimum absolute atomic E-state index is 0. The van der Waals surface area contributed by atoms with E-state index in [-0.39, 0.29) is 17.1 Å². The summed E-state index contributed by atoms with van der Waals surface area (Å²) < 4.78 is 4.45. The molecule has 2 fully saturated rings. The van der Waals surface area contributed by atoms with Gasteiger partial charge in [-0.15, -0.1) is 0 Å². The Balaban J connectivity index is 0.000000360. The summed E-state index contributed by atoms with van der Waals surface area (Å²) in [4.78, 5) is 10.9. The number of esters is 1. The molecule has 0 unspecified atom stereocenters. The van der Waals surface area contributed by atoms with Crippen LogP contribution in [0, 0.1) is 74.5 Å². The Morgan fingerprint density at radius 2 is 1.65 bits per heavy atom. The van der Waals surface area contributed by atoms with Gasteiger partial charge in [-0.05, 0) is 51.4 Å². The second-order valence-corrected chi connectivity index (χ2v) is 2.92. The molecule has 4 heteroatoms. The molecule has 0 saturated heterocycles. The van der Waals surface area contributed by atoms with Gasteiger partial charge in [0.2, 0.25) is 0 Å². The first kappa shape index (κ1) is 16.5. The van der Waals surface area contributed by atoms with Gasteiger partial charge in [0, 0.05) is 0 Å². The van der Waals surface area contributed by atoms with Crippen molar-refractivity contribution in [3.63, 3.8) is 0 Å². The second kappa shape index (κ2) is 9.50. The molecule has 0 spiro atoms. The summed E-state index contributed by atoms with van der Waals surface area (Å²) in [6.45, 7) is 0. The average molecular weight is 269 g/mol. The molecule has 0 heterocycles. The first-order valence-corrected chi connectivity index (χ1v) is 4.70. The van der Waals surface area contributed by atoms with Crippen LogP contribution in [0.25, 0.3) is 0 Å². The molecule has 0 amide bonds. The zero-order chi connectivity index (χ0) is 11.8. The summed E-state index contributed by atoms with van der Waals surface area (Å²) in [7, 11) is 1.29. The molecule has 0 aromatic rings. The Hall–Kier alpha value is -0.521. The number of carbonyl (C=O) groups is 1. The predicted octanol–water partition coefficient (Wildman–Crippen LogP) is 1.48. The smallest absolute Gasteiger partial charge is 0.469 e. The second-order valence-electron chi connectivity index (χ2n) is 2.92. The number of hydrogen-bond donors (Lipinski definition) is 0. The van der Waals surface area contributed by atoms with E-state index < -0.39 is 5.97 Å². The molecule has 0 bridgehead atoms. The number of carbonyl (C=O) groups excluding carboxylic acids is 1. The van der Waals surface area contributed by atoms with E-state index >= 15 is 0 Å². The van der Waals surface area contributed by atoms with Gasteiger partial charge < -0.3 is 4.74 Å². The Labute approximate surface area is 114 Å². The van der Waals surface area contributed by atoms with E-state index in [1.165, 1.54) is 7.11 Å². The van der Waals surface area contributed by atoms with Gasteiger partial charge >= 0.3 is 23.0 Å². The van der Waals surface area contributed by atoms with E-state index in [9.17, 15) is 4.79 Å². The Bertz CT molecular complexity index is 251. The molecular formula is C13H11FeNO2+2. The van der Waals surface area contributed by atoms with Crippen molar-refractivity contribution in [3.8, 4) is 6.07 Å². The molecule has 2 aliphatic carbocycles. The molecule has 0 N–H and O–H groups in total. The molecule has 86 valence electrons. The van der Waals surface area contributed by atoms with Gasteiger partial charge in [0.15, 0.2) is 0 Å². The van der Waals surface area contributed by atoms with E-state index in [0.29, 0.717) is 11.8 Å². The maximum Gasteiger partial charge on any atom is 2.00 e. The maximum absolute atomic E-state index is 10.9. The van der Waals surface area contributed by atoms with Crippen molar-refractivity contribution in [2.75, 3.05) is 7.11 Å². The van der Waals surface area contributed by atoms with E-state index in [1.807, 2.05) is 38.2 Å². The van der Waals surface area contributed by atoms with Crippen molar-refractivity contribution < 1.29 is 26.6 Å². The fourth-order valence-corrected chi connectivity index (χ4v) is 1.13. The van der Waals surface area contributed by atoms with Crippen LogP contribution in [0.3, 0.4) is 0 Å². The third kappa shape index (κ3) is 5.57. The average Bonchev–Trinajstić information content (AvgIpc) is 3.00. The summed E-state index contributed by atoms with van der Waals surface area (Å²) in [6, 6.07) is 1.89. The molecule has 2 rings (SSSR count). The van der Waals surface area contributed by atoms with Gasteiger partial charge in [-0.3, -0.25) is 4.79 Å². The Morgan fingerprint density at radius 3 is 2.06 bits per heavy atom. The van der Waals surface area contributed by atoms with Crippen molar-refractivity contribution in [3.05, 3.63) is 63.2 Å². The van der Waals surface area contributed by atoms with E-state index in [2.05, 4.69) is 4.74 Å². The summed E-state index contributed by atoms with van der Waals surface area (Å²) in [5.41, 5.74) is 0. The normalized spacial score (nSPS) is 19.8. The molecule has 2 saturated carbocycles. The van der Waals surface area contributed by atoms with E-state index in [4.69, 9.17) is 5.26 Å². The van der Waals surface area contributed by atoms with Crippen molar-refractivity contribution in [2.45, 2.75) is 0 Å². The van der Waals surface area contributed by atoms with Gasteiger partial charge in [-0.25, -0.2) is 0 Å². The largest absolute Gasteiger partial charge is 2.00 e. The van der Waals surface area contributed by atoms with Crippen LogP contribution in [0.2, 0.25) is 0 Å². The molecule has 0 aromatic heterocycles. The SMILES string of the molecule is COC(=O)[C]1[CH][CH][CH][C]1C#N.[CH]1[CH][CH][CH][CH]1.[Fe+2]. The van der Waals surface area contributed by atoms with Crippen molar-refractivity contribution in [1.29, 1.82) is 5.26 Å². The van der Waals surface area contributed by atoms with Crippen molar-refractivity contribution in [1.82, 2.24) is 0 Å². The van der Waals surface area contributed by atoms with Crippen LogP contribution in [-0.4, -0.2) is 13.1 Å². The van der Waals surface area contributed by atoms with Crippen molar-refractivity contribution >= 4 is 5.97 Å². The quantitative estimate of drug-likeness (QED) is 0.535. The molecule has 0 aromatic carbocycles. The third-order valence-electron chi connectivity index (χ3n) is 1.90. The zero-order valence-corrected chi connectivity index (χ0v) is 10.3. The van der Waals surface area contributed by atoms with Gasteiger partial charge in [0.05, 0.1) is 19.1 Å². The monoisotopic (exact) mass is 269 g/mol. The van der Waals surface area contributed by atoms with Crippen LogP contribution in [0.15, 0.2) is 0 Å². The summed E-state index contributed by atoms with van der Waals surface area (Å²) >= 11 is 0. The van der Waals surface area contributed by atoms with E-state index in [0.717, 1.165) is 0 Å². The molecule has 0 atom stereocenters. The molecule has 0 aliphatic heterocycles. The van der Waals surface area contributed by atoms with Crippen LogP contribution >= 0.6 is 0 Å². The fourth-order valence-electron chi connectivity index (χ4n) is 1.13. The van der Waals surface area contributed by atoms with Crippen molar-refractivity contribution in [2.24, 2.45) is 0 Å². The standard InChI is InChI=1S/C8H6NO2.C5H5.Fe/c1-11-8(10)7-4-2-3-6(7)5-9;1-2-4-5-3-1;/h2-4H,1H3;1-5H;/q;;+2. The molecule has 3 nitrogen and oxygen atoms in total. The predicted molar refractivity (Wildman–Crippen MR) is 58.5 cm³/mol. The number of ether oxygens (including phenoxy) is 1. The number of nitriles is 1. The van der Waals surface area contributed by atoms with Gasteiger partial charge in [-0.2, -0.15) is 5.26 Å². The minimum atomic E-state index is -0.466. The zero-order valence-electron chi connectivity index (χ0n) is 9.24. The maximum atomic E-state index is 10.9. The van der Waals surface area contributed by atoms with Gasteiger partial charge in [-0.1, -0.05) is 0 Å². The number of hydrogen-bond acceptors (Lipinski definition) is 3. The number of nitrogens with zero attached hydrogens (tertiary/aromatic N) is 1. The third-order valence-corrected chi connectivity index (χ3v) is 1.90. The van der Waals surface area contributed by atoms with Crippen LogP contribution in [0.5, 0.6) is 0 Å². The summed E-state index contributed by atoms with van der Waals surface area (Å²) in [6.07, 6.45) is 14.8. The summed E-state index contributed by atoms with van der Waals surface area (Å²) in [5, 5.41) is 8.49. The molecule has 10 radical (unpaired) electrons. The van der Waals surface area contributed by atoms with Crippen LogP contribution < -0.4 is 0 Å². The van der Waals surface area contributed by atoms with Gasteiger partial charge in [0.25, 0.3) is 0 Å². The summed E-state index contributed by atoms with van der Waals surface area (Å²) in [5.74, 6) is 0.221. The van der Waals surface area contributed by atoms with Crippen LogP contribution in [0.4, 0.5) is 0 Å². The molecule has 2 aliphatic rings. The molecular weight excluding hydrogens is 258 g/mol. The molecule has 17 heavy (non-hydrogen) atoms. The Morgan fingerprint density at radius 1 is 1.12 bits per heavy atom. The fraction of sp³-hybridized carbons (Fsp3) is 0.0769. The van der Waals surface area contributed by atoms with Crippen LogP contribution in [0.1, 0.15) is 0 Å². The van der Waals surface area contributed by atoms with E-state index in [1.54, 1.807) is 19.3 Å². The topological polar surface area (TPSA) is 50.1 Å². The Kier molecular flexibility index (Phi) is 9.21. The number of methoxy groups -OCH3 is 1. The van der Waals surface area contributed by atoms with Crippen LogP contribution in [-0.2, 0) is 26.6 Å².